The van der Waals surface area contributed by atoms with Crippen molar-refractivity contribution in [3.05, 3.63) is 82.4 Å². The van der Waals surface area contributed by atoms with Crippen LogP contribution in [-0.2, 0) is 19.6 Å². The molecule has 1 aliphatic heterocycles. The first-order valence-electron chi connectivity index (χ1n) is 15.7. The summed E-state index contributed by atoms with van der Waals surface area (Å²) < 4.78 is 34.4. The van der Waals surface area contributed by atoms with E-state index in [1.165, 1.54) is 4.31 Å². The van der Waals surface area contributed by atoms with Crippen LogP contribution in [0.3, 0.4) is 0 Å². The van der Waals surface area contributed by atoms with Gasteiger partial charge >= 0.3 is 0 Å². The van der Waals surface area contributed by atoms with Crippen molar-refractivity contribution in [3.63, 3.8) is 0 Å². The van der Waals surface area contributed by atoms with E-state index < -0.39 is 23.5 Å². The Hall–Kier alpha value is -1.68. The molecule has 2 aromatic rings. The molecule has 1 heterocycles. The maximum absolute atomic E-state index is 15.1. The first kappa shape index (κ1) is 35.2. The minimum Gasteiger partial charge on any atom is -0.381 e. The van der Waals surface area contributed by atoms with E-state index in [9.17, 15) is 8.42 Å². The van der Waals surface area contributed by atoms with Crippen molar-refractivity contribution >= 4 is 47.2 Å². The van der Waals surface area contributed by atoms with Gasteiger partial charge in [0.05, 0.1) is 23.3 Å². The van der Waals surface area contributed by atoms with Crippen LogP contribution in [0.2, 0.25) is 35.7 Å². The van der Waals surface area contributed by atoms with E-state index in [1.54, 1.807) is 7.05 Å². The third-order valence-corrected chi connectivity index (χ3v) is 13.6. The Bertz CT molecular complexity index is 1410. The number of allylic oxidation sites excluding steroid dienone is 1. The van der Waals surface area contributed by atoms with Gasteiger partial charge < -0.3 is 9.64 Å². The van der Waals surface area contributed by atoms with Crippen molar-refractivity contribution in [1.29, 1.82) is 0 Å². The highest BCUT2D eigenvalue weighted by molar-refractivity contribution is 7.90. The van der Waals surface area contributed by atoms with Crippen LogP contribution in [0, 0.1) is 5.41 Å². The molecule has 4 unspecified atom stereocenters. The number of rotatable bonds is 15. The monoisotopic (exact) mass is 678 g/mol. The average Bonchev–Trinajstić information content (AvgIpc) is 3.82. The number of ether oxygens (including phenoxy) is 1. The van der Waals surface area contributed by atoms with E-state index in [4.69, 9.17) is 27.9 Å². The van der Waals surface area contributed by atoms with Gasteiger partial charge in [-0.05, 0) is 73.5 Å². The zero-order chi connectivity index (χ0) is 32.3. The maximum atomic E-state index is 15.1. The van der Waals surface area contributed by atoms with Gasteiger partial charge in [0.1, 0.15) is 0 Å². The number of piperidine rings is 1. The molecule has 0 bridgehead atoms. The van der Waals surface area contributed by atoms with Crippen molar-refractivity contribution in [2.45, 2.75) is 88.0 Å². The van der Waals surface area contributed by atoms with Crippen molar-refractivity contribution in [3.8, 4) is 0 Å². The third-order valence-electron chi connectivity index (χ3n) is 9.09. The molecule has 0 spiro atoms. The molecular formula is C34H48Cl2N2O4SSi. The smallest absolute Gasteiger partial charge is 0.232 e. The Morgan fingerprint density at radius 1 is 1.11 bits per heavy atom. The molecule has 4 atom stereocenters. The van der Waals surface area contributed by atoms with E-state index in [0.717, 1.165) is 17.2 Å². The number of nitrogens with zero attached hydrogens (tertiary/aromatic N) is 2. The summed E-state index contributed by atoms with van der Waals surface area (Å²) in [7, 11) is -3.13. The summed E-state index contributed by atoms with van der Waals surface area (Å²) >= 11 is 12.9. The van der Waals surface area contributed by atoms with Crippen LogP contribution in [0.5, 0.6) is 0 Å². The van der Waals surface area contributed by atoms with E-state index in [-0.39, 0.29) is 42.3 Å². The summed E-state index contributed by atoms with van der Waals surface area (Å²) in [5.74, 6) is -0.153. The van der Waals surface area contributed by atoms with Crippen molar-refractivity contribution < 1.29 is 17.9 Å². The topological polar surface area (TPSA) is 66.9 Å². The fourth-order valence-electron chi connectivity index (χ4n) is 6.40. The highest BCUT2D eigenvalue weighted by atomic mass is 35.5. The molecule has 10 heteroatoms. The van der Waals surface area contributed by atoms with E-state index in [1.807, 2.05) is 60.4 Å². The molecule has 1 saturated carbocycles. The number of likely N-dealkylation sites (N-methyl/N-ethyl adjacent to an activating group) is 1. The van der Waals surface area contributed by atoms with Crippen LogP contribution in [-0.4, -0.2) is 69.7 Å². The minimum atomic E-state index is -3.43. The van der Waals surface area contributed by atoms with E-state index in [2.05, 4.69) is 32.3 Å². The summed E-state index contributed by atoms with van der Waals surface area (Å²) in [4.78, 5) is 17.1. The van der Waals surface area contributed by atoms with Gasteiger partial charge in [-0.25, -0.2) is 12.7 Å². The molecular weight excluding hydrogens is 631 g/mol. The number of carbonyl (C=O) groups excluding carboxylic acids is 1. The molecule has 242 valence electrons. The molecule has 1 amide bonds. The van der Waals surface area contributed by atoms with E-state index in [0.29, 0.717) is 48.8 Å². The number of carbonyl (C=O) groups is 1. The lowest BCUT2D eigenvalue weighted by atomic mass is 9.66. The van der Waals surface area contributed by atoms with Gasteiger partial charge in [-0.1, -0.05) is 80.1 Å². The first-order valence-corrected chi connectivity index (χ1v) is 21.7. The second-order valence-corrected chi connectivity index (χ2v) is 22.6. The van der Waals surface area contributed by atoms with Crippen LogP contribution in [0.4, 0.5) is 0 Å². The summed E-state index contributed by atoms with van der Waals surface area (Å²) in [6.45, 7) is 14.1. The molecule has 44 heavy (non-hydrogen) atoms. The molecule has 0 radical (unpaired) electrons. The number of halogens is 2. The first-order chi connectivity index (χ1) is 20.7. The van der Waals surface area contributed by atoms with Crippen molar-refractivity contribution in [2.24, 2.45) is 5.41 Å². The summed E-state index contributed by atoms with van der Waals surface area (Å²) in [5, 5.41) is 0.914. The standard InChI is InChI=1S/C34H48Cl2N2O4SSi/c1-7-18-34(24-42-19-20-44(4,5)6)22-31(26-10-9-11-28(36)21-26)32(25-12-14-27(35)15-13-25)38(33(34)39)29(8-2)23-37(3)43(40,41)30-16-17-30/h7,9-15,21,29-32H,1,8,16-20,22-24H2,2-6H3. The molecule has 0 N–H and O–H groups in total. The SMILES string of the molecule is C=CCC1(COCC[Si](C)(C)C)CC(c2cccc(Cl)c2)C(c2ccc(Cl)cc2)N(C(CC)CN(C)S(=O)(=O)C2CC2)C1=O. The van der Waals surface area contributed by atoms with Gasteiger partial charge in [-0.3, -0.25) is 4.79 Å². The molecule has 6 nitrogen and oxygen atoms in total. The van der Waals surface area contributed by atoms with Gasteiger partial charge in [0, 0.05) is 50.3 Å². The minimum absolute atomic E-state index is 0.0206. The van der Waals surface area contributed by atoms with Gasteiger partial charge in [0.25, 0.3) is 0 Å². The largest absolute Gasteiger partial charge is 0.381 e. The van der Waals surface area contributed by atoms with Gasteiger partial charge in [0.15, 0.2) is 0 Å². The third kappa shape index (κ3) is 8.17. The molecule has 1 saturated heterocycles. The van der Waals surface area contributed by atoms with Crippen LogP contribution >= 0.6 is 23.2 Å². The predicted molar refractivity (Wildman–Crippen MR) is 185 cm³/mol. The second-order valence-electron chi connectivity index (χ2n) is 13.8. The fraction of sp³-hybridized carbons (Fsp3) is 0.559. The zero-order valence-corrected chi connectivity index (χ0v) is 30.1. The second kappa shape index (κ2) is 14.4. The van der Waals surface area contributed by atoms with Crippen LogP contribution in [0.25, 0.3) is 0 Å². The Morgan fingerprint density at radius 2 is 1.80 bits per heavy atom. The lowest BCUT2D eigenvalue weighted by molar-refractivity contribution is -0.161. The zero-order valence-electron chi connectivity index (χ0n) is 26.8. The Balaban J connectivity index is 1.85. The van der Waals surface area contributed by atoms with E-state index >= 15 is 4.79 Å². The molecule has 1 aliphatic carbocycles. The Kier molecular flexibility index (Phi) is 11.5. The lowest BCUT2D eigenvalue weighted by Crippen LogP contribution is -2.59. The Labute approximate surface area is 275 Å². The summed E-state index contributed by atoms with van der Waals surface area (Å²) in [6.07, 6.45) is 4.78. The molecule has 2 fully saturated rings. The normalized spacial score (nSPS) is 23.6. The van der Waals surface area contributed by atoms with Crippen molar-refractivity contribution in [1.82, 2.24) is 9.21 Å². The number of likely N-dealkylation sites (tertiary alicyclic amines) is 1. The number of amides is 1. The number of benzene rings is 2. The van der Waals surface area contributed by atoms with Crippen LogP contribution in [0.15, 0.2) is 61.2 Å². The number of hydrogen-bond acceptors (Lipinski definition) is 4. The summed E-state index contributed by atoms with van der Waals surface area (Å²) in [6, 6.07) is 15.8. The Morgan fingerprint density at radius 3 is 2.36 bits per heavy atom. The fourth-order valence-corrected chi connectivity index (χ4v) is 9.11. The molecule has 4 rings (SSSR count). The molecule has 2 aliphatic rings. The number of sulfonamides is 1. The van der Waals surface area contributed by atoms with Crippen molar-refractivity contribution in [2.75, 3.05) is 26.8 Å². The predicted octanol–water partition coefficient (Wildman–Crippen LogP) is 8.17. The average molecular weight is 680 g/mol. The van der Waals surface area contributed by atoms with Crippen LogP contribution in [0.1, 0.15) is 62.1 Å². The highest BCUT2D eigenvalue weighted by Gasteiger charge is 2.54. The molecule has 0 aromatic heterocycles. The maximum Gasteiger partial charge on any atom is 0.232 e. The lowest BCUT2D eigenvalue weighted by Gasteiger charge is -2.53. The highest BCUT2D eigenvalue weighted by Crippen LogP contribution is 2.53. The van der Waals surface area contributed by atoms with Crippen LogP contribution < -0.4 is 0 Å². The molecule has 2 aromatic carbocycles. The van der Waals surface area contributed by atoms with Gasteiger partial charge in [-0.15, -0.1) is 6.58 Å². The number of hydrogen-bond donors (Lipinski definition) is 0. The van der Waals surface area contributed by atoms with Gasteiger partial charge in [-0.2, -0.15) is 0 Å². The summed E-state index contributed by atoms with van der Waals surface area (Å²) in [5.41, 5.74) is 1.11. The van der Waals surface area contributed by atoms with Gasteiger partial charge in [0.2, 0.25) is 15.9 Å². The quantitative estimate of drug-likeness (QED) is 0.108.